The Morgan fingerprint density at radius 2 is 1.67 bits per heavy atom. The Kier molecular flexibility index (Phi) is 7.56. The fraction of sp³-hybridized carbons (Fsp3) is 0.267. The normalized spacial score (nSPS) is 12.3. The van der Waals surface area contributed by atoms with Gasteiger partial charge in [-0.25, -0.2) is 9.78 Å². The summed E-state index contributed by atoms with van der Waals surface area (Å²) in [7, 11) is 0. The van der Waals surface area contributed by atoms with Gasteiger partial charge in [0.05, 0.1) is 18.2 Å². The highest BCUT2D eigenvalue weighted by molar-refractivity contribution is 6.10. The smallest absolute Gasteiger partial charge is 0.336 e. The van der Waals surface area contributed by atoms with Gasteiger partial charge in [-0.05, 0) is 61.2 Å². The molecule has 2 aromatic heterocycles. The Morgan fingerprint density at radius 1 is 0.949 bits per heavy atom. The number of carbonyl (C=O) groups is 3. The number of carboxylic acid groups (broad SMARTS) is 1. The van der Waals surface area contributed by atoms with E-state index < -0.39 is 29.2 Å². The summed E-state index contributed by atoms with van der Waals surface area (Å²) < 4.78 is 5.65. The number of pyridine rings is 1. The van der Waals surface area contributed by atoms with Crippen LogP contribution in [0.3, 0.4) is 0 Å². The molecule has 2 amide bonds. The summed E-state index contributed by atoms with van der Waals surface area (Å²) in [5.41, 5.74) is 1.83. The summed E-state index contributed by atoms with van der Waals surface area (Å²) >= 11 is 0. The quantitative estimate of drug-likeness (QED) is 0.258. The number of aromatic nitrogens is 1. The molecule has 0 aliphatic rings. The number of fused-ring (bicyclic) bond motifs is 1. The molecule has 4 rings (SSSR count). The molecule has 2 heterocycles. The van der Waals surface area contributed by atoms with E-state index in [-0.39, 0.29) is 29.0 Å². The van der Waals surface area contributed by atoms with Crippen molar-refractivity contribution in [1.82, 2.24) is 10.3 Å². The molecule has 9 heteroatoms. The predicted octanol–water partition coefficient (Wildman–Crippen LogP) is 5.20. The van der Waals surface area contributed by atoms with E-state index in [2.05, 4.69) is 15.6 Å². The molecule has 0 aliphatic heterocycles. The second-order valence-corrected chi connectivity index (χ2v) is 10.6. The van der Waals surface area contributed by atoms with E-state index >= 15 is 0 Å². The number of benzene rings is 2. The van der Waals surface area contributed by atoms with E-state index in [9.17, 15) is 24.6 Å². The van der Waals surface area contributed by atoms with Crippen LogP contribution in [0.25, 0.3) is 22.1 Å². The van der Waals surface area contributed by atoms with Gasteiger partial charge < -0.3 is 25.3 Å². The van der Waals surface area contributed by atoms with Gasteiger partial charge in [0, 0.05) is 34.0 Å². The Morgan fingerprint density at radius 3 is 2.33 bits per heavy atom. The molecule has 39 heavy (non-hydrogen) atoms. The summed E-state index contributed by atoms with van der Waals surface area (Å²) in [6, 6.07) is 14.2. The van der Waals surface area contributed by atoms with Crippen molar-refractivity contribution in [3.05, 3.63) is 82.9 Å². The maximum absolute atomic E-state index is 13.4. The van der Waals surface area contributed by atoms with Crippen LogP contribution in [0.2, 0.25) is 0 Å². The number of aromatic carboxylic acids is 1. The number of hydrogen-bond donors (Lipinski definition) is 4. The number of anilines is 1. The second kappa shape index (κ2) is 10.7. The van der Waals surface area contributed by atoms with Gasteiger partial charge >= 0.3 is 5.97 Å². The van der Waals surface area contributed by atoms with Crippen molar-refractivity contribution in [2.75, 3.05) is 11.9 Å². The topological polar surface area (TPSA) is 142 Å². The van der Waals surface area contributed by atoms with Gasteiger partial charge in [-0.15, -0.1) is 0 Å². The van der Waals surface area contributed by atoms with Gasteiger partial charge in [-0.1, -0.05) is 32.9 Å². The van der Waals surface area contributed by atoms with E-state index in [0.29, 0.717) is 22.5 Å². The first-order chi connectivity index (χ1) is 18.4. The van der Waals surface area contributed by atoms with Crippen LogP contribution >= 0.6 is 0 Å². The Hall–Kier alpha value is -4.50. The van der Waals surface area contributed by atoms with Crippen molar-refractivity contribution in [1.29, 1.82) is 0 Å². The first-order valence-electron chi connectivity index (χ1n) is 12.5. The highest BCUT2D eigenvalue weighted by Crippen LogP contribution is 2.30. The fourth-order valence-corrected chi connectivity index (χ4v) is 4.25. The van der Waals surface area contributed by atoms with Crippen LogP contribution in [-0.2, 0) is 0 Å². The number of rotatable bonds is 7. The molecule has 4 aromatic rings. The van der Waals surface area contributed by atoms with Crippen molar-refractivity contribution in [3.63, 3.8) is 0 Å². The molecule has 2 aromatic carbocycles. The minimum Gasteiger partial charge on any atom is -0.478 e. The van der Waals surface area contributed by atoms with E-state index in [1.807, 2.05) is 39.8 Å². The number of hydrogen-bond acceptors (Lipinski definition) is 6. The molecular weight excluding hydrogens is 498 g/mol. The number of carbonyl (C=O) groups excluding carboxylic acids is 2. The molecule has 0 unspecified atom stereocenters. The lowest BCUT2D eigenvalue weighted by Gasteiger charge is -2.29. The van der Waals surface area contributed by atoms with E-state index in [0.717, 1.165) is 11.1 Å². The predicted molar refractivity (Wildman–Crippen MR) is 148 cm³/mol. The van der Waals surface area contributed by atoms with Crippen molar-refractivity contribution in [2.24, 2.45) is 5.41 Å². The van der Waals surface area contributed by atoms with Crippen LogP contribution in [0.4, 0.5) is 5.69 Å². The molecule has 9 nitrogen and oxygen atoms in total. The second-order valence-electron chi connectivity index (χ2n) is 10.6. The first-order valence-corrected chi connectivity index (χ1v) is 12.5. The minimum atomic E-state index is -1.26. The Bertz CT molecular complexity index is 1580. The number of nitrogens with one attached hydrogen (secondary N) is 2. The molecule has 0 spiro atoms. The van der Waals surface area contributed by atoms with Gasteiger partial charge in [0.1, 0.15) is 17.0 Å². The first kappa shape index (κ1) is 27.5. The molecule has 1 atom stereocenters. The van der Waals surface area contributed by atoms with Crippen LogP contribution in [0, 0.1) is 19.3 Å². The van der Waals surface area contributed by atoms with Gasteiger partial charge in [0.15, 0.2) is 0 Å². The monoisotopic (exact) mass is 529 g/mol. The average Bonchev–Trinajstić information content (AvgIpc) is 3.25. The molecule has 0 fully saturated rings. The molecule has 0 aliphatic carbocycles. The number of aliphatic hydroxyl groups excluding tert-OH is 1. The SMILES string of the molecule is Cc1ccc(-c2ccc(C(=O)N[C@H](CO)C(C)(C)C)cc2C(=O)O)c(C(=O)Nc2ccc3cc(C)oc3c2)n1. The molecular formula is C30H31N3O6. The summed E-state index contributed by atoms with van der Waals surface area (Å²) in [5, 5.41) is 26.2. The van der Waals surface area contributed by atoms with Crippen LogP contribution in [-0.4, -0.2) is 45.6 Å². The molecule has 0 saturated carbocycles. The van der Waals surface area contributed by atoms with Crippen LogP contribution < -0.4 is 10.6 Å². The Balaban J connectivity index is 1.70. The lowest BCUT2D eigenvalue weighted by atomic mass is 9.87. The number of carboxylic acids is 1. The molecule has 0 bridgehead atoms. The zero-order chi connectivity index (χ0) is 28.5. The van der Waals surface area contributed by atoms with E-state index in [1.165, 1.54) is 18.2 Å². The van der Waals surface area contributed by atoms with Crippen molar-refractivity contribution in [2.45, 2.75) is 40.7 Å². The summed E-state index contributed by atoms with van der Waals surface area (Å²) in [6.45, 7) is 8.95. The van der Waals surface area contributed by atoms with Gasteiger partial charge in [-0.2, -0.15) is 0 Å². The fourth-order valence-electron chi connectivity index (χ4n) is 4.25. The molecule has 4 N–H and O–H groups in total. The average molecular weight is 530 g/mol. The largest absolute Gasteiger partial charge is 0.478 e. The highest BCUT2D eigenvalue weighted by atomic mass is 16.4. The number of furan rings is 1. The zero-order valence-corrected chi connectivity index (χ0v) is 22.5. The van der Waals surface area contributed by atoms with Gasteiger partial charge in [-0.3, -0.25) is 9.59 Å². The third-order valence-electron chi connectivity index (χ3n) is 6.49. The number of aryl methyl sites for hydroxylation is 2. The standard InChI is InChI=1S/C30H31N3O6/c1-16-6-10-22(26(31-16)28(36)32-20-9-7-18-12-17(2)39-24(18)14-20)21-11-8-19(13-23(21)29(37)38)27(35)33-25(15-34)30(3,4)5/h6-14,25,34H,15H2,1-5H3,(H,32,36)(H,33,35)(H,37,38)/t25-/m1/s1. The lowest BCUT2D eigenvalue weighted by Crippen LogP contribution is -2.46. The van der Waals surface area contributed by atoms with Crippen molar-refractivity contribution in [3.8, 4) is 11.1 Å². The Labute approximate surface area is 225 Å². The van der Waals surface area contributed by atoms with Crippen LogP contribution in [0.15, 0.2) is 59.0 Å². The van der Waals surface area contributed by atoms with E-state index in [1.54, 1.807) is 31.2 Å². The van der Waals surface area contributed by atoms with E-state index in [4.69, 9.17) is 4.42 Å². The maximum Gasteiger partial charge on any atom is 0.336 e. The summed E-state index contributed by atoms with van der Waals surface area (Å²) in [6.07, 6.45) is 0. The van der Waals surface area contributed by atoms with Gasteiger partial charge in [0.25, 0.3) is 11.8 Å². The van der Waals surface area contributed by atoms with Crippen molar-refractivity contribution < 1.29 is 29.0 Å². The summed E-state index contributed by atoms with van der Waals surface area (Å²) in [4.78, 5) is 43.0. The summed E-state index contributed by atoms with van der Waals surface area (Å²) in [5.74, 6) is -1.55. The van der Waals surface area contributed by atoms with Crippen LogP contribution in [0.5, 0.6) is 0 Å². The molecule has 0 saturated heterocycles. The number of aliphatic hydroxyl groups is 1. The highest BCUT2D eigenvalue weighted by Gasteiger charge is 2.27. The molecule has 202 valence electrons. The minimum absolute atomic E-state index is 0.0403. The number of amides is 2. The number of nitrogens with zero attached hydrogens (tertiary/aromatic N) is 1. The maximum atomic E-state index is 13.4. The lowest BCUT2D eigenvalue weighted by molar-refractivity contribution is 0.0697. The third-order valence-corrected chi connectivity index (χ3v) is 6.49. The van der Waals surface area contributed by atoms with Crippen molar-refractivity contribution >= 4 is 34.4 Å². The zero-order valence-electron chi connectivity index (χ0n) is 22.5. The van der Waals surface area contributed by atoms with Crippen LogP contribution in [0.1, 0.15) is 63.4 Å². The third kappa shape index (κ3) is 5.99. The van der Waals surface area contributed by atoms with Gasteiger partial charge in [0.2, 0.25) is 0 Å². The molecule has 0 radical (unpaired) electrons.